The molecule has 0 radical (unpaired) electrons. The van der Waals surface area contributed by atoms with E-state index in [0.717, 1.165) is 53.0 Å². The Labute approximate surface area is 168 Å². The van der Waals surface area contributed by atoms with Crippen LogP contribution in [0, 0.1) is 0 Å². The lowest BCUT2D eigenvalue weighted by molar-refractivity contribution is -0.137. The second-order valence-electron chi connectivity index (χ2n) is 6.13. The lowest BCUT2D eigenvalue weighted by atomic mass is 10.1. The van der Waals surface area contributed by atoms with Gasteiger partial charge in [0.15, 0.2) is 0 Å². The van der Waals surface area contributed by atoms with Gasteiger partial charge in [0, 0.05) is 27.3 Å². The second-order valence-corrected chi connectivity index (χ2v) is 8.15. The number of unbranched alkanes of at least 4 members (excludes halogenated alkanes) is 5. The maximum Gasteiger partial charge on any atom is 0.337 e. The van der Waals surface area contributed by atoms with Crippen molar-refractivity contribution < 1.29 is 13.9 Å². The molecule has 0 aliphatic carbocycles. The average Bonchev–Trinajstić information content (AvgIpc) is 2.68. The van der Waals surface area contributed by atoms with Crippen molar-refractivity contribution in [1.29, 1.82) is 0 Å². The predicted molar refractivity (Wildman–Crippen MR) is 114 cm³/mol. The highest BCUT2D eigenvalue weighted by Gasteiger charge is 2.07. The Kier molecular flexibility index (Phi) is 9.56. The molecule has 0 saturated heterocycles. The van der Waals surface area contributed by atoms with Gasteiger partial charge in [-0.15, -0.1) is 23.5 Å². The average molecular weight is 407 g/mol. The van der Waals surface area contributed by atoms with E-state index >= 15 is 0 Å². The van der Waals surface area contributed by atoms with Gasteiger partial charge in [0.2, 0.25) is 0 Å². The molecule has 0 saturated carbocycles. The van der Waals surface area contributed by atoms with Gasteiger partial charge in [-0.05, 0) is 43.0 Å². The van der Waals surface area contributed by atoms with Crippen LogP contribution in [0.1, 0.15) is 38.5 Å². The lowest BCUT2D eigenvalue weighted by Crippen LogP contribution is -2.01. The molecule has 27 heavy (non-hydrogen) atoms. The minimum atomic E-state index is -0.348. The van der Waals surface area contributed by atoms with E-state index in [4.69, 9.17) is 9.15 Å². The number of ether oxygens (including phenoxy) is 1. The number of thioether (sulfide) groups is 2. The Bertz CT molecular complexity index is 813. The highest BCUT2D eigenvalue weighted by Crippen LogP contribution is 2.29. The third-order valence-corrected chi connectivity index (χ3v) is 5.99. The summed E-state index contributed by atoms with van der Waals surface area (Å²) in [4.78, 5) is 24.8. The van der Waals surface area contributed by atoms with Crippen molar-refractivity contribution >= 4 is 40.5 Å². The molecule has 2 aromatic rings. The molecule has 0 fully saturated rings. The lowest BCUT2D eigenvalue weighted by Gasteiger charge is -2.06. The number of carbonyl (C=O) groups excluding carboxylic acids is 1. The van der Waals surface area contributed by atoms with Gasteiger partial charge in [-0.1, -0.05) is 32.3 Å². The minimum absolute atomic E-state index is 0.291. The van der Waals surface area contributed by atoms with Crippen LogP contribution in [-0.4, -0.2) is 24.6 Å². The second kappa shape index (κ2) is 11.9. The topological polar surface area (TPSA) is 56.5 Å². The number of fused-ring (bicyclic) bond motifs is 1. The van der Waals surface area contributed by atoms with Gasteiger partial charge in [0.05, 0.1) is 6.61 Å². The van der Waals surface area contributed by atoms with Crippen molar-refractivity contribution in [2.24, 2.45) is 0 Å². The van der Waals surface area contributed by atoms with E-state index in [-0.39, 0.29) is 11.6 Å². The van der Waals surface area contributed by atoms with E-state index in [1.807, 2.05) is 18.4 Å². The summed E-state index contributed by atoms with van der Waals surface area (Å²) >= 11 is 3.36. The highest BCUT2D eigenvalue weighted by atomic mass is 32.2. The van der Waals surface area contributed by atoms with Crippen molar-refractivity contribution in [3.8, 4) is 0 Å². The summed E-state index contributed by atoms with van der Waals surface area (Å²) in [7, 11) is 0. The Morgan fingerprint density at radius 1 is 1.15 bits per heavy atom. The van der Waals surface area contributed by atoms with Crippen LogP contribution >= 0.6 is 23.5 Å². The molecule has 6 heteroatoms. The summed E-state index contributed by atoms with van der Waals surface area (Å²) in [6.07, 6.45) is 9.76. The number of esters is 1. The number of carbonyl (C=O) groups is 1. The van der Waals surface area contributed by atoms with E-state index in [1.165, 1.54) is 12.5 Å². The standard InChI is InChI=1S/C21H26O4S2/c1-3-20(22)24-12-8-6-4-5-7-9-13-27-19-15-21(23)25-18-14-16(26-2)10-11-17(18)19/h3,10-11,14-15H,1,4-9,12-13H2,2H3. The first-order valence-corrected chi connectivity index (χ1v) is 11.4. The summed E-state index contributed by atoms with van der Waals surface area (Å²) in [5, 5.41) is 1.01. The van der Waals surface area contributed by atoms with E-state index in [1.54, 1.807) is 29.6 Å². The summed E-state index contributed by atoms with van der Waals surface area (Å²) in [6, 6.07) is 7.61. The largest absolute Gasteiger partial charge is 0.463 e. The van der Waals surface area contributed by atoms with Gasteiger partial charge in [-0.2, -0.15) is 0 Å². The summed E-state index contributed by atoms with van der Waals surface area (Å²) in [5.41, 5.74) is 0.370. The molecule has 0 spiro atoms. The maximum atomic E-state index is 11.8. The fourth-order valence-electron chi connectivity index (χ4n) is 2.68. The van der Waals surface area contributed by atoms with Gasteiger partial charge in [-0.3, -0.25) is 0 Å². The molecule has 0 N–H and O–H groups in total. The van der Waals surface area contributed by atoms with Crippen molar-refractivity contribution in [2.75, 3.05) is 18.6 Å². The van der Waals surface area contributed by atoms with Crippen LogP contribution in [0.25, 0.3) is 11.0 Å². The first-order valence-electron chi connectivity index (χ1n) is 9.18. The minimum Gasteiger partial charge on any atom is -0.463 e. The molecule has 0 amide bonds. The van der Waals surface area contributed by atoms with Gasteiger partial charge in [-0.25, -0.2) is 9.59 Å². The van der Waals surface area contributed by atoms with Crippen molar-refractivity contribution in [1.82, 2.24) is 0 Å². The number of benzene rings is 1. The molecular formula is C21H26O4S2. The van der Waals surface area contributed by atoms with Gasteiger partial charge in [0.1, 0.15) is 5.58 Å². The Balaban J connectivity index is 1.68. The third kappa shape index (κ3) is 7.46. The Morgan fingerprint density at radius 2 is 1.89 bits per heavy atom. The fraction of sp³-hybridized carbons (Fsp3) is 0.429. The van der Waals surface area contributed by atoms with Crippen molar-refractivity contribution in [3.05, 3.63) is 47.3 Å². The van der Waals surface area contributed by atoms with Gasteiger partial charge < -0.3 is 9.15 Å². The first-order chi connectivity index (χ1) is 13.1. The zero-order valence-corrected chi connectivity index (χ0v) is 17.3. The number of rotatable bonds is 12. The number of hydrogen-bond acceptors (Lipinski definition) is 6. The van der Waals surface area contributed by atoms with E-state index in [0.29, 0.717) is 12.2 Å². The highest BCUT2D eigenvalue weighted by molar-refractivity contribution is 7.99. The van der Waals surface area contributed by atoms with Gasteiger partial charge >= 0.3 is 11.6 Å². The quantitative estimate of drug-likeness (QED) is 0.149. The van der Waals surface area contributed by atoms with E-state index in [2.05, 4.69) is 12.6 Å². The molecule has 1 aromatic heterocycles. The molecule has 146 valence electrons. The zero-order chi connectivity index (χ0) is 19.5. The molecule has 0 aliphatic rings. The number of hydrogen-bond donors (Lipinski definition) is 0. The fourth-order valence-corrected chi connectivity index (χ4v) is 4.19. The Morgan fingerprint density at radius 3 is 2.63 bits per heavy atom. The Hall–Kier alpha value is -1.66. The monoisotopic (exact) mass is 406 g/mol. The van der Waals surface area contributed by atoms with Crippen LogP contribution in [-0.2, 0) is 9.53 Å². The SMILES string of the molecule is C=CC(=O)OCCCCCCCCSc1cc(=O)oc2cc(SC)ccc12. The maximum absolute atomic E-state index is 11.8. The zero-order valence-electron chi connectivity index (χ0n) is 15.7. The molecule has 0 aliphatic heterocycles. The van der Waals surface area contributed by atoms with E-state index < -0.39 is 0 Å². The van der Waals surface area contributed by atoms with E-state index in [9.17, 15) is 9.59 Å². The molecule has 0 bridgehead atoms. The van der Waals surface area contributed by atoms with Crippen LogP contribution < -0.4 is 5.63 Å². The van der Waals surface area contributed by atoms with Crippen LogP contribution in [0.15, 0.2) is 55.9 Å². The first kappa shape index (κ1) is 21.6. The van der Waals surface area contributed by atoms with Gasteiger partial charge in [0.25, 0.3) is 0 Å². The normalized spacial score (nSPS) is 10.9. The molecular weight excluding hydrogens is 380 g/mol. The molecule has 1 heterocycles. The summed E-state index contributed by atoms with van der Waals surface area (Å²) in [5.74, 6) is 0.638. The van der Waals surface area contributed by atoms with Crippen LogP contribution in [0.5, 0.6) is 0 Å². The van der Waals surface area contributed by atoms with Crippen molar-refractivity contribution in [2.45, 2.75) is 48.3 Å². The smallest absolute Gasteiger partial charge is 0.337 e. The molecule has 0 unspecified atom stereocenters. The van der Waals surface area contributed by atoms with Crippen LogP contribution in [0.3, 0.4) is 0 Å². The molecule has 4 nitrogen and oxygen atoms in total. The predicted octanol–water partition coefficient (Wildman–Crippen LogP) is 5.68. The van der Waals surface area contributed by atoms with Crippen LogP contribution in [0.2, 0.25) is 0 Å². The molecule has 2 rings (SSSR count). The van der Waals surface area contributed by atoms with Crippen LogP contribution in [0.4, 0.5) is 0 Å². The third-order valence-electron chi connectivity index (χ3n) is 4.12. The molecule has 1 aromatic carbocycles. The van der Waals surface area contributed by atoms with Crippen molar-refractivity contribution in [3.63, 3.8) is 0 Å². The summed E-state index contributed by atoms with van der Waals surface area (Å²) < 4.78 is 10.3. The molecule has 0 atom stereocenters. The summed E-state index contributed by atoms with van der Waals surface area (Å²) in [6.45, 7) is 3.84.